The first-order valence-corrected chi connectivity index (χ1v) is 8.18. The fraction of sp³-hybridized carbons (Fsp3) is 0.429. The lowest BCUT2D eigenvalue weighted by molar-refractivity contribution is 0.467. The molecule has 1 N–H and O–H groups in total. The molecule has 20 heavy (non-hydrogen) atoms. The van der Waals surface area contributed by atoms with E-state index in [-0.39, 0.29) is 5.92 Å². The zero-order chi connectivity index (χ0) is 14.6. The number of allylic oxidation sites excluding steroid dienone is 2. The number of sulfonamides is 1. The lowest BCUT2D eigenvalue weighted by atomic mass is 9.95. The van der Waals surface area contributed by atoms with Gasteiger partial charge in [0.05, 0.1) is 5.75 Å². The number of benzene rings is 1. The molecule has 0 saturated carbocycles. The first kappa shape index (κ1) is 15.1. The SMILES string of the molecule is O=S(=O)(Cc1c(F)cccc1F)NC[C@@H]1CC=CCC1. The van der Waals surface area contributed by atoms with E-state index in [1.165, 1.54) is 6.07 Å². The highest BCUT2D eigenvalue weighted by molar-refractivity contribution is 7.88. The third-order valence-electron chi connectivity index (χ3n) is 3.37. The van der Waals surface area contributed by atoms with Gasteiger partial charge in [-0.25, -0.2) is 21.9 Å². The van der Waals surface area contributed by atoms with Crippen LogP contribution in [0.5, 0.6) is 0 Å². The Bertz CT molecular complexity index is 579. The molecule has 0 aliphatic heterocycles. The predicted molar refractivity (Wildman–Crippen MR) is 73.5 cm³/mol. The van der Waals surface area contributed by atoms with Gasteiger partial charge in [0.1, 0.15) is 11.6 Å². The topological polar surface area (TPSA) is 46.2 Å². The maximum absolute atomic E-state index is 13.4. The molecule has 0 heterocycles. The zero-order valence-electron chi connectivity index (χ0n) is 11.0. The smallest absolute Gasteiger partial charge is 0.215 e. The monoisotopic (exact) mass is 301 g/mol. The quantitative estimate of drug-likeness (QED) is 0.850. The van der Waals surface area contributed by atoms with Gasteiger partial charge in [-0.05, 0) is 37.3 Å². The molecule has 1 atom stereocenters. The van der Waals surface area contributed by atoms with Gasteiger partial charge in [0, 0.05) is 12.1 Å². The second-order valence-corrected chi connectivity index (χ2v) is 6.77. The van der Waals surface area contributed by atoms with E-state index in [1.807, 2.05) is 6.08 Å². The fourth-order valence-electron chi connectivity index (χ4n) is 2.20. The number of hydrogen-bond donors (Lipinski definition) is 1. The molecule has 1 aromatic rings. The van der Waals surface area contributed by atoms with Crippen LogP contribution in [0.3, 0.4) is 0 Å². The molecule has 0 fully saturated rings. The van der Waals surface area contributed by atoms with Gasteiger partial charge < -0.3 is 0 Å². The minimum atomic E-state index is -3.73. The summed E-state index contributed by atoms with van der Waals surface area (Å²) in [7, 11) is -3.73. The Kier molecular flexibility index (Phi) is 4.88. The van der Waals surface area contributed by atoms with E-state index in [0.29, 0.717) is 6.54 Å². The first-order chi connectivity index (χ1) is 9.48. The van der Waals surface area contributed by atoms with Crippen LogP contribution in [0.4, 0.5) is 8.78 Å². The van der Waals surface area contributed by atoms with Gasteiger partial charge in [0.25, 0.3) is 0 Å². The number of hydrogen-bond acceptors (Lipinski definition) is 2. The van der Waals surface area contributed by atoms with E-state index in [0.717, 1.165) is 31.4 Å². The standard InChI is InChI=1S/C14H17F2NO2S/c15-13-7-4-8-14(16)12(13)10-20(18,19)17-9-11-5-2-1-3-6-11/h1-2,4,7-8,11,17H,3,5-6,9-10H2/t11-/m1/s1. The summed E-state index contributed by atoms with van der Waals surface area (Å²) < 4.78 is 53.1. The van der Waals surface area contributed by atoms with Crippen molar-refractivity contribution < 1.29 is 17.2 Å². The van der Waals surface area contributed by atoms with Crippen LogP contribution in [0.1, 0.15) is 24.8 Å². The Morgan fingerprint density at radius 2 is 1.90 bits per heavy atom. The van der Waals surface area contributed by atoms with E-state index < -0.39 is 33.0 Å². The van der Waals surface area contributed by atoms with Crippen molar-refractivity contribution in [3.05, 3.63) is 47.5 Å². The Hall–Kier alpha value is -1.27. The van der Waals surface area contributed by atoms with Crippen molar-refractivity contribution in [1.82, 2.24) is 4.72 Å². The van der Waals surface area contributed by atoms with E-state index in [2.05, 4.69) is 10.8 Å². The first-order valence-electron chi connectivity index (χ1n) is 6.53. The van der Waals surface area contributed by atoms with E-state index >= 15 is 0 Å². The molecule has 1 aliphatic carbocycles. The van der Waals surface area contributed by atoms with Gasteiger partial charge >= 0.3 is 0 Å². The molecule has 2 rings (SSSR count). The summed E-state index contributed by atoms with van der Waals surface area (Å²) in [6.45, 7) is 0.308. The molecule has 0 bridgehead atoms. The van der Waals surface area contributed by atoms with E-state index in [1.54, 1.807) is 0 Å². The van der Waals surface area contributed by atoms with Crippen molar-refractivity contribution in [3.8, 4) is 0 Å². The van der Waals surface area contributed by atoms with Crippen LogP contribution >= 0.6 is 0 Å². The largest absolute Gasteiger partial charge is 0.216 e. The predicted octanol–water partition coefficient (Wildman–Crippen LogP) is 2.74. The Morgan fingerprint density at radius 1 is 1.20 bits per heavy atom. The summed E-state index contributed by atoms with van der Waals surface area (Å²) >= 11 is 0. The van der Waals surface area contributed by atoms with Crippen LogP contribution < -0.4 is 4.72 Å². The number of nitrogens with one attached hydrogen (secondary N) is 1. The summed E-state index contributed by atoms with van der Waals surface area (Å²) in [6.07, 6.45) is 6.79. The van der Waals surface area contributed by atoms with Crippen molar-refractivity contribution in [1.29, 1.82) is 0 Å². The van der Waals surface area contributed by atoms with Gasteiger partial charge in [-0.2, -0.15) is 0 Å². The average molecular weight is 301 g/mol. The Balaban J connectivity index is 1.98. The van der Waals surface area contributed by atoms with Crippen LogP contribution in [-0.2, 0) is 15.8 Å². The minimum Gasteiger partial charge on any atom is -0.215 e. The molecule has 110 valence electrons. The van der Waals surface area contributed by atoms with Gasteiger partial charge in [-0.1, -0.05) is 18.2 Å². The highest BCUT2D eigenvalue weighted by atomic mass is 32.2. The fourth-order valence-corrected chi connectivity index (χ4v) is 3.45. The molecular weight excluding hydrogens is 284 g/mol. The summed E-state index contributed by atoms with van der Waals surface area (Å²) in [5.74, 6) is -2.10. The van der Waals surface area contributed by atoms with Gasteiger partial charge in [-0.3, -0.25) is 0 Å². The lowest BCUT2D eigenvalue weighted by Gasteiger charge is -2.18. The Morgan fingerprint density at radius 3 is 2.50 bits per heavy atom. The lowest BCUT2D eigenvalue weighted by Crippen LogP contribution is -2.31. The van der Waals surface area contributed by atoms with Gasteiger partial charge in [0.2, 0.25) is 10.0 Å². The summed E-state index contributed by atoms with van der Waals surface area (Å²) in [4.78, 5) is 0. The normalized spacial score (nSPS) is 19.2. The van der Waals surface area contributed by atoms with Crippen LogP contribution in [-0.4, -0.2) is 15.0 Å². The second-order valence-electron chi connectivity index (χ2n) is 4.96. The molecule has 0 saturated heterocycles. The van der Waals surface area contributed by atoms with E-state index in [9.17, 15) is 17.2 Å². The highest BCUT2D eigenvalue weighted by Gasteiger charge is 2.19. The van der Waals surface area contributed by atoms with E-state index in [4.69, 9.17) is 0 Å². The average Bonchev–Trinajstić information content (AvgIpc) is 2.42. The van der Waals surface area contributed by atoms with Crippen LogP contribution in [0.25, 0.3) is 0 Å². The van der Waals surface area contributed by atoms with Crippen LogP contribution in [0, 0.1) is 17.6 Å². The molecular formula is C14H17F2NO2S. The molecule has 0 spiro atoms. The molecule has 0 amide bonds. The van der Waals surface area contributed by atoms with Crippen LogP contribution in [0.2, 0.25) is 0 Å². The van der Waals surface area contributed by atoms with Gasteiger partial charge in [0.15, 0.2) is 0 Å². The number of halogens is 2. The maximum Gasteiger partial charge on any atom is 0.216 e. The van der Waals surface area contributed by atoms with Crippen molar-refractivity contribution >= 4 is 10.0 Å². The molecule has 1 aromatic carbocycles. The molecule has 6 heteroatoms. The second kappa shape index (κ2) is 6.45. The summed E-state index contributed by atoms with van der Waals surface area (Å²) in [5.41, 5.74) is -0.413. The molecule has 3 nitrogen and oxygen atoms in total. The summed E-state index contributed by atoms with van der Waals surface area (Å²) in [6, 6.07) is 3.32. The van der Waals surface area contributed by atoms with Crippen molar-refractivity contribution in [2.24, 2.45) is 5.92 Å². The highest BCUT2D eigenvalue weighted by Crippen LogP contribution is 2.18. The maximum atomic E-state index is 13.4. The molecule has 0 unspecified atom stereocenters. The third kappa shape index (κ3) is 4.11. The molecule has 1 aliphatic rings. The summed E-state index contributed by atoms with van der Waals surface area (Å²) in [5, 5.41) is 0. The van der Waals surface area contributed by atoms with Crippen LogP contribution in [0.15, 0.2) is 30.4 Å². The minimum absolute atomic E-state index is 0.250. The molecule has 0 radical (unpaired) electrons. The number of rotatable bonds is 5. The Labute approximate surface area is 117 Å². The third-order valence-corrected chi connectivity index (χ3v) is 4.64. The zero-order valence-corrected chi connectivity index (χ0v) is 11.8. The van der Waals surface area contributed by atoms with Crippen molar-refractivity contribution in [2.75, 3.05) is 6.54 Å². The van der Waals surface area contributed by atoms with Gasteiger partial charge in [-0.15, -0.1) is 0 Å². The van der Waals surface area contributed by atoms with Crippen molar-refractivity contribution in [2.45, 2.75) is 25.0 Å². The molecule has 0 aromatic heterocycles. The van der Waals surface area contributed by atoms with Crippen molar-refractivity contribution in [3.63, 3.8) is 0 Å².